The van der Waals surface area contributed by atoms with Crippen LogP contribution in [0, 0.1) is 0 Å². The second-order valence-electron chi connectivity index (χ2n) is 5.71. The van der Waals surface area contributed by atoms with E-state index in [0.29, 0.717) is 6.54 Å². The van der Waals surface area contributed by atoms with Crippen LogP contribution in [0.15, 0.2) is 77.5 Å². The fraction of sp³-hybridized carbons (Fsp3) is 0.100. The van der Waals surface area contributed by atoms with Gasteiger partial charge in [0.25, 0.3) is 0 Å². The van der Waals surface area contributed by atoms with Crippen LogP contribution in [0.5, 0.6) is 0 Å². The molecule has 0 atom stereocenters. The Hall–Kier alpha value is -2.66. The molecule has 0 aliphatic carbocycles. The molecule has 25 heavy (non-hydrogen) atoms. The van der Waals surface area contributed by atoms with Gasteiger partial charge in [-0.05, 0) is 35.9 Å². The number of hydrogen-bond donors (Lipinski definition) is 0. The normalized spacial score (nSPS) is 11.0. The first kappa shape index (κ1) is 17.2. The van der Waals surface area contributed by atoms with Crippen molar-refractivity contribution in [2.75, 3.05) is 7.05 Å². The third-order valence-corrected chi connectivity index (χ3v) is 4.27. The molecule has 0 N–H and O–H groups in total. The van der Waals surface area contributed by atoms with Gasteiger partial charge in [0.05, 0.1) is 11.9 Å². The van der Waals surface area contributed by atoms with Crippen molar-refractivity contribution >= 4 is 27.9 Å². The zero-order valence-corrected chi connectivity index (χ0v) is 15.4. The number of hydrogen-bond acceptors (Lipinski definition) is 2. The number of carbonyl (C=O) groups is 1. The van der Waals surface area contributed by atoms with Crippen molar-refractivity contribution in [3.05, 3.63) is 88.7 Å². The van der Waals surface area contributed by atoms with Crippen LogP contribution in [-0.2, 0) is 11.3 Å². The first-order chi connectivity index (χ1) is 12.1. The van der Waals surface area contributed by atoms with E-state index in [0.717, 1.165) is 21.3 Å². The Kier molecular flexibility index (Phi) is 5.46. The Morgan fingerprint density at radius 1 is 1.16 bits per heavy atom. The molecule has 0 aliphatic heterocycles. The Morgan fingerprint density at radius 3 is 2.60 bits per heavy atom. The zero-order chi connectivity index (χ0) is 17.6. The summed E-state index contributed by atoms with van der Waals surface area (Å²) in [5.41, 5.74) is 2.97. The minimum Gasteiger partial charge on any atom is -0.338 e. The van der Waals surface area contributed by atoms with E-state index >= 15 is 0 Å². The fourth-order valence-electron chi connectivity index (χ4n) is 2.38. The Morgan fingerprint density at radius 2 is 1.88 bits per heavy atom. The molecule has 0 bridgehead atoms. The monoisotopic (exact) mass is 395 g/mol. The molecule has 0 saturated heterocycles. The van der Waals surface area contributed by atoms with Crippen molar-refractivity contribution in [3.63, 3.8) is 0 Å². The molecule has 5 heteroatoms. The van der Waals surface area contributed by atoms with Crippen LogP contribution >= 0.6 is 15.9 Å². The molecule has 1 heterocycles. The lowest BCUT2D eigenvalue weighted by molar-refractivity contribution is -0.125. The van der Waals surface area contributed by atoms with Crippen LogP contribution in [0.3, 0.4) is 0 Å². The van der Waals surface area contributed by atoms with Gasteiger partial charge in [0.2, 0.25) is 5.91 Å². The van der Waals surface area contributed by atoms with Crippen molar-refractivity contribution in [2.45, 2.75) is 6.54 Å². The molecule has 3 aromatic rings. The lowest BCUT2D eigenvalue weighted by Crippen LogP contribution is -2.23. The summed E-state index contributed by atoms with van der Waals surface area (Å²) in [6.45, 7) is 0.510. The highest BCUT2D eigenvalue weighted by molar-refractivity contribution is 9.10. The molecule has 3 rings (SSSR count). The standard InChI is InChI=1S/C20H18BrN3O/c1-23(20(25)12-9-16-7-10-18(21)11-8-16)14-17-13-22-24(15-17)19-5-3-2-4-6-19/h2-13,15H,14H2,1H3/b12-9+. The first-order valence-corrected chi connectivity index (χ1v) is 8.69. The summed E-state index contributed by atoms with van der Waals surface area (Å²) in [6.07, 6.45) is 7.14. The average Bonchev–Trinajstić information content (AvgIpc) is 3.10. The third-order valence-electron chi connectivity index (χ3n) is 3.74. The van der Waals surface area contributed by atoms with E-state index < -0.39 is 0 Å². The van der Waals surface area contributed by atoms with Gasteiger partial charge in [-0.15, -0.1) is 0 Å². The SMILES string of the molecule is CN(Cc1cnn(-c2ccccc2)c1)C(=O)/C=C/c1ccc(Br)cc1. The van der Waals surface area contributed by atoms with E-state index in [4.69, 9.17) is 0 Å². The number of likely N-dealkylation sites (N-methyl/N-ethyl adjacent to an activating group) is 1. The van der Waals surface area contributed by atoms with Gasteiger partial charge in [-0.25, -0.2) is 4.68 Å². The number of para-hydroxylation sites is 1. The zero-order valence-electron chi connectivity index (χ0n) is 13.8. The van der Waals surface area contributed by atoms with E-state index in [9.17, 15) is 4.79 Å². The third kappa shape index (κ3) is 4.67. The summed E-state index contributed by atoms with van der Waals surface area (Å²) in [4.78, 5) is 13.9. The smallest absolute Gasteiger partial charge is 0.246 e. The molecule has 4 nitrogen and oxygen atoms in total. The van der Waals surface area contributed by atoms with Crippen molar-refractivity contribution < 1.29 is 4.79 Å². The first-order valence-electron chi connectivity index (χ1n) is 7.89. The molecular weight excluding hydrogens is 378 g/mol. The van der Waals surface area contributed by atoms with E-state index in [1.54, 1.807) is 24.2 Å². The molecule has 2 aromatic carbocycles. The number of amides is 1. The quantitative estimate of drug-likeness (QED) is 0.603. The van der Waals surface area contributed by atoms with E-state index in [1.165, 1.54) is 0 Å². The number of nitrogens with zero attached hydrogens (tertiary/aromatic N) is 3. The Bertz CT molecular complexity index is 869. The molecule has 126 valence electrons. The molecule has 0 fully saturated rings. The summed E-state index contributed by atoms with van der Waals surface area (Å²) in [7, 11) is 1.79. The van der Waals surface area contributed by atoms with Gasteiger partial charge in [-0.3, -0.25) is 4.79 Å². The highest BCUT2D eigenvalue weighted by Gasteiger charge is 2.08. The highest BCUT2D eigenvalue weighted by atomic mass is 79.9. The van der Waals surface area contributed by atoms with Crippen molar-refractivity contribution in [1.29, 1.82) is 0 Å². The fourth-order valence-corrected chi connectivity index (χ4v) is 2.65. The topological polar surface area (TPSA) is 38.1 Å². The van der Waals surface area contributed by atoms with Crippen LogP contribution in [0.1, 0.15) is 11.1 Å². The number of halogens is 1. The lowest BCUT2D eigenvalue weighted by atomic mass is 10.2. The number of carbonyl (C=O) groups excluding carboxylic acids is 1. The van der Waals surface area contributed by atoms with Crippen molar-refractivity contribution in [2.24, 2.45) is 0 Å². The van der Waals surface area contributed by atoms with Crippen LogP contribution in [0.4, 0.5) is 0 Å². The second kappa shape index (κ2) is 7.94. The Balaban J connectivity index is 1.62. The predicted octanol–water partition coefficient (Wildman–Crippen LogP) is 4.31. The van der Waals surface area contributed by atoms with E-state index in [-0.39, 0.29) is 5.91 Å². The molecule has 0 saturated carbocycles. The number of rotatable bonds is 5. The molecule has 1 aromatic heterocycles. The summed E-state index contributed by atoms with van der Waals surface area (Å²) >= 11 is 3.40. The van der Waals surface area contributed by atoms with Crippen LogP contribution in [0.2, 0.25) is 0 Å². The maximum absolute atomic E-state index is 12.3. The minimum atomic E-state index is -0.0459. The molecular formula is C20H18BrN3O. The van der Waals surface area contributed by atoms with Gasteiger partial charge >= 0.3 is 0 Å². The van der Waals surface area contributed by atoms with Gasteiger partial charge in [0.15, 0.2) is 0 Å². The van der Waals surface area contributed by atoms with Gasteiger partial charge in [-0.2, -0.15) is 5.10 Å². The number of benzene rings is 2. The second-order valence-corrected chi connectivity index (χ2v) is 6.62. The van der Waals surface area contributed by atoms with Gasteiger partial charge in [0.1, 0.15) is 0 Å². The highest BCUT2D eigenvalue weighted by Crippen LogP contribution is 2.12. The maximum Gasteiger partial charge on any atom is 0.246 e. The Labute approximate surface area is 155 Å². The maximum atomic E-state index is 12.3. The van der Waals surface area contributed by atoms with Crippen LogP contribution in [0.25, 0.3) is 11.8 Å². The average molecular weight is 396 g/mol. The molecule has 0 aliphatic rings. The number of aromatic nitrogens is 2. The van der Waals surface area contributed by atoms with Gasteiger partial charge in [0, 0.05) is 35.9 Å². The summed E-state index contributed by atoms with van der Waals surface area (Å²) in [6, 6.07) is 17.7. The lowest BCUT2D eigenvalue weighted by Gasteiger charge is -2.13. The molecule has 0 spiro atoms. The summed E-state index contributed by atoms with van der Waals surface area (Å²) in [5.74, 6) is -0.0459. The van der Waals surface area contributed by atoms with Crippen LogP contribution in [-0.4, -0.2) is 27.6 Å². The summed E-state index contributed by atoms with van der Waals surface area (Å²) < 4.78 is 2.83. The molecule has 1 amide bonds. The predicted molar refractivity (Wildman–Crippen MR) is 103 cm³/mol. The largest absolute Gasteiger partial charge is 0.338 e. The molecule has 0 radical (unpaired) electrons. The van der Waals surface area contributed by atoms with Gasteiger partial charge in [-0.1, -0.05) is 46.3 Å². The summed E-state index contributed by atoms with van der Waals surface area (Å²) in [5, 5.41) is 4.36. The minimum absolute atomic E-state index is 0.0459. The van der Waals surface area contributed by atoms with Crippen LogP contribution < -0.4 is 0 Å². The van der Waals surface area contributed by atoms with E-state index in [2.05, 4.69) is 21.0 Å². The van der Waals surface area contributed by atoms with Gasteiger partial charge < -0.3 is 4.90 Å². The molecule has 0 unspecified atom stereocenters. The van der Waals surface area contributed by atoms with Crippen molar-refractivity contribution in [1.82, 2.24) is 14.7 Å². The van der Waals surface area contributed by atoms with Crippen molar-refractivity contribution in [3.8, 4) is 5.69 Å². The van der Waals surface area contributed by atoms with E-state index in [1.807, 2.05) is 71.6 Å².